The van der Waals surface area contributed by atoms with Gasteiger partial charge in [0.1, 0.15) is 10.7 Å². The first-order valence-electron chi connectivity index (χ1n) is 15.5. The Bertz CT molecular complexity index is 1820. The van der Waals surface area contributed by atoms with Gasteiger partial charge in [0, 0.05) is 21.0 Å². The molecule has 1 unspecified atom stereocenters. The first kappa shape index (κ1) is 33.7. The zero-order valence-electron chi connectivity index (χ0n) is 26.6. The van der Waals surface area contributed by atoms with Crippen LogP contribution in [0.1, 0.15) is 68.5 Å². The zero-order chi connectivity index (χ0) is 33.3. The van der Waals surface area contributed by atoms with E-state index in [9.17, 15) is 19.2 Å². The molecule has 3 aromatic carbocycles. The molecule has 242 valence electrons. The number of hydrogen-bond donors (Lipinski definition) is 3. The van der Waals surface area contributed by atoms with Gasteiger partial charge < -0.3 is 20.7 Å². The van der Waals surface area contributed by atoms with Crippen LogP contribution in [0.25, 0.3) is 6.08 Å². The fraction of sp³-hybridized carbons (Fsp3) is 0.243. The predicted molar refractivity (Wildman–Crippen MR) is 189 cm³/mol. The molecular weight excluding hydrogens is 631 g/mol. The molecule has 10 heteroatoms. The molecule has 0 radical (unpaired) electrons. The average molecular weight is 668 g/mol. The van der Waals surface area contributed by atoms with Crippen molar-refractivity contribution in [1.29, 1.82) is 0 Å². The highest BCUT2D eigenvalue weighted by Crippen LogP contribution is 2.38. The number of hydrogen-bond acceptors (Lipinski definition) is 7. The molecule has 0 aliphatic heterocycles. The molecule has 0 spiro atoms. The third kappa shape index (κ3) is 8.58. The summed E-state index contributed by atoms with van der Waals surface area (Å²) in [5.74, 6) is -1.56. The molecule has 0 saturated carbocycles. The summed E-state index contributed by atoms with van der Waals surface area (Å²) in [5, 5.41) is 8.68. The van der Waals surface area contributed by atoms with E-state index in [2.05, 4.69) is 16.0 Å². The summed E-state index contributed by atoms with van der Waals surface area (Å²) in [6.45, 7) is 3.73. The van der Waals surface area contributed by atoms with E-state index in [-0.39, 0.29) is 11.6 Å². The van der Waals surface area contributed by atoms with Gasteiger partial charge in [0.15, 0.2) is 0 Å². The Labute approximate surface area is 283 Å². The van der Waals surface area contributed by atoms with E-state index in [0.29, 0.717) is 21.8 Å². The van der Waals surface area contributed by atoms with Gasteiger partial charge >= 0.3 is 5.97 Å². The number of benzene rings is 3. The molecule has 1 heterocycles. The Kier molecular flexibility index (Phi) is 11.3. The van der Waals surface area contributed by atoms with Gasteiger partial charge in [0.25, 0.3) is 11.8 Å². The van der Waals surface area contributed by atoms with Crippen LogP contribution in [0.2, 0.25) is 0 Å². The van der Waals surface area contributed by atoms with Gasteiger partial charge in [-0.05, 0) is 92.6 Å². The smallest absolute Gasteiger partial charge is 0.341 e. The van der Waals surface area contributed by atoms with E-state index >= 15 is 0 Å². The van der Waals surface area contributed by atoms with E-state index in [4.69, 9.17) is 4.74 Å². The van der Waals surface area contributed by atoms with Crippen LogP contribution in [-0.4, -0.2) is 36.1 Å². The number of nitrogens with one attached hydrogen (secondary N) is 3. The number of ether oxygens (including phenoxy) is 1. The highest BCUT2D eigenvalue weighted by atomic mass is 32.2. The van der Waals surface area contributed by atoms with Crippen LogP contribution in [0.3, 0.4) is 0 Å². The van der Waals surface area contributed by atoms with Gasteiger partial charge in [-0.25, -0.2) is 4.79 Å². The molecule has 1 aliphatic carbocycles. The van der Waals surface area contributed by atoms with Crippen molar-refractivity contribution in [2.24, 2.45) is 0 Å². The van der Waals surface area contributed by atoms with Crippen LogP contribution < -0.4 is 16.0 Å². The first-order valence-corrected chi connectivity index (χ1v) is 17.2. The minimum absolute atomic E-state index is 0.0923. The Morgan fingerprint density at radius 2 is 1.64 bits per heavy atom. The van der Waals surface area contributed by atoms with Crippen molar-refractivity contribution < 1.29 is 23.9 Å². The number of anilines is 2. The van der Waals surface area contributed by atoms with Crippen LogP contribution >= 0.6 is 23.1 Å². The van der Waals surface area contributed by atoms with Gasteiger partial charge in [-0.15, -0.1) is 23.1 Å². The highest BCUT2D eigenvalue weighted by Gasteiger charge is 2.27. The van der Waals surface area contributed by atoms with Gasteiger partial charge in [-0.1, -0.05) is 55.0 Å². The number of aryl methyl sites for hydroxylation is 2. The molecule has 1 aromatic heterocycles. The second-order valence-corrected chi connectivity index (χ2v) is 13.7. The molecule has 47 heavy (non-hydrogen) atoms. The molecule has 8 nitrogen and oxygen atoms in total. The van der Waals surface area contributed by atoms with Crippen molar-refractivity contribution in [3.8, 4) is 0 Å². The van der Waals surface area contributed by atoms with Crippen LogP contribution in [0, 0.1) is 6.92 Å². The lowest BCUT2D eigenvalue weighted by atomic mass is 10.1. The standard InChI is InChI=1S/C37H37N3O5S2/c1-23-13-10-11-16-26(23)21-30(39-34(42)25-14-6-4-7-15-25)35(43)38-27-17-12-18-28(22-27)46-24(2)33(41)40-36-32(37(44)45-3)29-19-8-5-9-20-31(29)47-36/h4,6-7,10-18,21-22,24H,5,8-9,19-20H2,1-3H3,(H,38,43)(H,39,42)(H,40,41)/b30-21-. The fourth-order valence-electron chi connectivity index (χ4n) is 5.31. The van der Waals surface area contributed by atoms with Gasteiger partial charge in [-0.3, -0.25) is 14.4 Å². The summed E-state index contributed by atoms with van der Waals surface area (Å²) in [6, 6.07) is 23.5. The number of carbonyl (C=O) groups is 4. The Hall–Kier alpha value is -4.67. The van der Waals surface area contributed by atoms with Crippen molar-refractivity contribution in [1.82, 2.24) is 5.32 Å². The molecule has 5 rings (SSSR count). The van der Waals surface area contributed by atoms with E-state index in [1.807, 2.05) is 43.3 Å². The number of thioether (sulfide) groups is 1. The SMILES string of the molecule is COC(=O)c1c(NC(=O)C(C)Sc2cccc(NC(=O)/C(=C/c3ccccc3C)NC(=O)c3ccccc3)c2)sc2c1CCCCC2. The van der Waals surface area contributed by atoms with Crippen LogP contribution in [0.5, 0.6) is 0 Å². The molecule has 4 aromatic rings. The third-order valence-corrected chi connectivity index (χ3v) is 10.1. The summed E-state index contributed by atoms with van der Waals surface area (Å²) in [6.07, 6.45) is 6.52. The third-order valence-electron chi connectivity index (χ3n) is 7.84. The van der Waals surface area contributed by atoms with Gasteiger partial charge in [0.2, 0.25) is 5.91 Å². The monoisotopic (exact) mass is 667 g/mol. The summed E-state index contributed by atoms with van der Waals surface area (Å²) in [4.78, 5) is 54.5. The molecule has 0 saturated heterocycles. The first-order chi connectivity index (χ1) is 22.7. The predicted octanol–water partition coefficient (Wildman–Crippen LogP) is 7.64. The normalized spacial score (nSPS) is 13.5. The van der Waals surface area contributed by atoms with Crippen molar-refractivity contribution in [2.45, 2.75) is 56.1 Å². The highest BCUT2D eigenvalue weighted by molar-refractivity contribution is 8.00. The van der Waals surface area contributed by atoms with Crippen molar-refractivity contribution in [3.05, 3.63) is 117 Å². The van der Waals surface area contributed by atoms with Crippen LogP contribution in [-0.2, 0) is 27.2 Å². The van der Waals surface area contributed by atoms with E-state index < -0.39 is 23.0 Å². The van der Waals surface area contributed by atoms with Crippen molar-refractivity contribution in [2.75, 3.05) is 17.7 Å². The largest absolute Gasteiger partial charge is 0.465 e. The molecular formula is C37H37N3O5S2. The lowest BCUT2D eigenvalue weighted by molar-refractivity contribution is -0.115. The molecule has 3 amide bonds. The van der Waals surface area contributed by atoms with Crippen molar-refractivity contribution >= 4 is 63.6 Å². The van der Waals surface area contributed by atoms with Crippen LogP contribution in [0.15, 0.2) is 89.5 Å². The fourth-order valence-corrected chi connectivity index (χ4v) is 7.52. The van der Waals surface area contributed by atoms with E-state index in [1.54, 1.807) is 55.5 Å². The number of methoxy groups -OCH3 is 1. The second-order valence-electron chi connectivity index (χ2n) is 11.2. The maximum atomic E-state index is 13.6. The molecule has 0 fully saturated rings. The van der Waals surface area contributed by atoms with E-state index in [1.165, 1.54) is 30.2 Å². The maximum Gasteiger partial charge on any atom is 0.341 e. The molecule has 3 N–H and O–H groups in total. The molecule has 0 bridgehead atoms. The van der Waals surface area contributed by atoms with E-state index in [0.717, 1.165) is 58.6 Å². The van der Waals surface area contributed by atoms with Crippen molar-refractivity contribution in [3.63, 3.8) is 0 Å². The maximum absolute atomic E-state index is 13.6. The van der Waals surface area contributed by atoms with Crippen LogP contribution in [0.4, 0.5) is 10.7 Å². The number of rotatable bonds is 10. The summed E-state index contributed by atoms with van der Waals surface area (Å²) in [7, 11) is 1.36. The quantitative estimate of drug-likeness (QED) is 0.0694. The Morgan fingerprint density at radius 1 is 0.894 bits per heavy atom. The van der Waals surface area contributed by atoms with Gasteiger partial charge in [0.05, 0.1) is 17.9 Å². The minimum Gasteiger partial charge on any atom is -0.465 e. The van der Waals surface area contributed by atoms with Gasteiger partial charge in [-0.2, -0.15) is 0 Å². The lowest BCUT2D eigenvalue weighted by Gasteiger charge is -2.14. The summed E-state index contributed by atoms with van der Waals surface area (Å²) in [5.41, 5.74) is 4.25. The lowest BCUT2D eigenvalue weighted by Crippen LogP contribution is -2.30. The number of carbonyl (C=O) groups excluding carboxylic acids is 4. The average Bonchev–Trinajstić information content (AvgIpc) is 3.24. The molecule has 1 aliphatic rings. The number of thiophene rings is 1. The summed E-state index contributed by atoms with van der Waals surface area (Å²) >= 11 is 2.79. The number of amides is 3. The number of fused-ring (bicyclic) bond motifs is 1. The topological polar surface area (TPSA) is 114 Å². The Morgan fingerprint density at radius 3 is 2.40 bits per heavy atom. The zero-order valence-corrected chi connectivity index (χ0v) is 28.2. The second kappa shape index (κ2) is 15.8. The number of esters is 1. The molecule has 1 atom stereocenters. The Balaban J connectivity index is 1.30. The summed E-state index contributed by atoms with van der Waals surface area (Å²) < 4.78 is 5.07. The minimum atomic E-state index is -0.505.